The molecule has 110 valence electrons. The molecule has 2 aromatic carbocycles. The maximum atomic E-state index is 12.6. The number of nitrogens with two attached hydrogens (primary N) is 1. The maximum Gasteiger partial charge on any atom is 0.264 e. The molecule has 0 saturated heterocycles. The first kappa shape index (κ1) is 15.5. The summed E-state index contributed by atoms with van der Waals surface area (Å²) in [5.74, 6) is 0. The second-order valence-electron chi connectivity index (χ2n) is 4.70. The average molecular weight is 320 g/mol. The fourth-order valence-corrected chi connectivity index (χ4v) is 3.17. The van der Waals surface area contributed by atoms with Crippen molar-refractivity contribution in [3.63, 3.8) is 0 Å². The van der Waals surface area contributed by atoms with Crippen molar-refractivity contribution < 1.29 is 8.42 Å². The predicted molar refractivity (Wildman–Crippen MR) is 89.1 cm³/mol. The Hall–Kier alpha value is -1.92. The molecule has 0 aliphatic rings. The highest BCUT2D eigenvalue weighted by Gasteiger charge is 2.21. The molecule has 0 radical (unpaired) electrons. The van der Waals surface area contributed by atoms with Gasteiger partial charge in [0.15, 0.2) is 0 Å². The fraction of sp³-hybridized carbons (Fsp3) is 0.133. The van der Waals surface area contributed by atoms with E-state index in [9.17, 15) is 8.42 Å². The third-order valence-corrected chi connectivity index (χ3v) is 5.23. The molecule has 4 nitrogen and oxygen atoms in total. The Bertz CT molecular complexity index is 751. The quantitative estimate of drug-likeness (QED) is 0.879. The summed E-state index contributed by atoms with van der Waals surface area (Å²) in [6.07, 6.45) is 0. The van der Waals surface area contributed by atoms with E-state index in [0.29, 0.717) is 11.3 Å². The first-order valence-corrected chi connectivity index (χ1v) is 8.12. The van der Waals surface area contributed by atoms with Crippen LogP contribution in [0.1, 0.15) is 11.1 Å². The summed E-state index contributed by atoms with van der Waals surface area (Å²) >= 11 is 4.86. The molecule has 0 unspecified atom stereocenters. The number of hydrogen-bond acceptors (Lipinski definition) is 3. The zero-order valence-electron chi connectivity index (χ0n) is 11.8. The number of benzene rings is 2. The monoisotopic (exact) mass is 320 g/mol. The van der Waals surface area contributed by atoms with Crippen LogP contribution in [-0.2, 0) is 10.0 Å². The van der Waals surface area contributed by atoms with Crippen molar-refractivity contribution >= 4 is 32.9 Å². The Balaban J connectivity index is 2.36. The van der Waals surface area contributed by atoms with Crippen molar-refractivity contribution in [3.8, 4) is 0 Å². The third kappa shape index (κ3) is 3.22. The molecule has 0 aromatic heterocycles. The van der Waals surface area contributed by atoms with Crippen LogP contribution in [0, 0.1) is 6.92 Å². The van der Waals surface area contributed by atoms with Crippen LogP contribution in [-0.4, -0.2) is 20.5 Å². The Kier molecular flexibility index (Phi) is 4.29. The summed E-state index contributed by atoms with van der Waals surface area (Å²) in [7, 11) is -2.07. The van der Waals surface area contributed by atoms with Crippen LogP contribution in [0.3, 0.4) is 0 Å². The molecule has 21 heavy (non-hydrogen) atoms. The summed E-state index contributed by atoms with van der Waals surface area (Å²) < 4.78 is 26.4. The van der Waals surface area contributed by atoms with Crippen molar-refractivity contribution in [3.05, 3.63) is 59.7 Å². The van der Waals surface area contributed by atoms with Crippen LogP contribution in [0.4, 0.5) is 5.69 Å². The highest BCUT2D eigenvalue weighted by atomic mass is 32.2. The van der Waals surface area contributed by atoms with E-state index in [4.69, 9.17) is 18.0 Å². The Labute approximate surface area is 130 Å². The van der Waals surface area contributed by atoms with Crippen LogP contribution in [0.15, 0.2) is 53.4 Å². The minimum atomic E-state index is -3.60. The van der Waals surface area contributed by atoms with Crippen molar-refractivity contribution in [2.24, 2.45) is 5.73 Å². The predicted octanol–water partition coefficient (Wildman–Crippen LogP) is 2.45. The average Bonchev–Trinajstić information content (AvgIpc) is 2.47. The van der Waals surface area contributed by atoms with E-state index in [1.54, 1.807) is 24.3 Å². The minimum Gasteiger partial charge on any atom is -0.389 e. The van der Waals surface area contributed by atoms with Crippen LogP contribution >= 0.6 is 12.2 Å². The van der Waals surface area contributed by atoms with Gasteiger partial charge in [-0.15, -0.1) is 0 Å². The smallest absolute Gasteiger partial charge is 0.264 e. The van der Waals surface area contributed by atoms with Crippen LogP contribution in [0.25, 0.3) is 0 Å². The van der Waals surface area contributed by atoms with Gasteiger partial charge >= 0.3 is 0 Å². The second-order valence-corrected chi connectivity index (χ2v) is 7.11. The SMILES string of the molecule is Cc1ccc(N(C)S(=O)(=O)c2ccc(C(N)=S)cc2)cc1. The molecule has 2 rings (SSSR count). The number of hydrogen-bond donors (Lipinski definition) is 1. The first-order valence-electron chi connectivity index (χ1n) is 6.28. The molecule has 0 aliphatic heterocycles. The lowest BCUT2D eigenvalue weighted by Gasteiger charge is -2.19. The summed E-state index contributed by atoms with van der Waals surface area (Å²) in [5.41, 5.74) is 7.83. The summed E-state index contributed by atoms with van der Waals surface area (Å²) in [4.78, 5) is 0.441. The largest absolute Gasteiger partial charge is 0.389 e. The summed E-state index contributed by atoms with van der Waals surface area (Å²) in [6, 6.07) is 13.5. The first-order chi connectivity index (χ1) is 9.82. The number of nitrogens with zero attached hydrogens (tertiary/aromatic N) is 1. The topological polar surface area (TPSA) is 63.4 Å². The highest BCUT2D eigenvalue weighted by Crippen LogP contribution is 2.22. The van der Waals surface area contributed by atoms with Crippen molar-refractivity contribution in [2.75, 3.05) is 11.4 Å². The molecule has 0 amide bonds. The molecule has 0 saturated carbocycles. The number of aryl methyl sites for hydroxylation is 1. The molecular weight excluding hydrogens is 304 g/mol. The molecule has 0 aliphatic carbocycles. The van der Waals surface area contributed by atoms with Gasteiger partial charge in [0.1, 0.15) is 4.99 Å². The lowest BCUT2D eigenvalue weighted by molar-refractivity contribution is 0.594. The van der Waals surface area contributed by atoms with E-state index < -0.39 is 10.0 Å². The minimum absolute atomic E-state index is 0.200. The van der Waals surface area contributed by atoms with Gasteiger partial charge in [0.05, 0.1) is 10.6 Å². The van der Waals surface area contributed by atoms with Gasteiger partial charge in [-0.05, 0) is 31.2 Å². The van der Waals surface area contributed by atoms with E-state index in [2.05, 4.69) is 0 Å². The van der Waals surface area contributed by atoms with E-state index in [1.807, 2.05) is 19.1 Å². The van der Waals surface area contributed by atoms with Crippen molar-refractivity contribution in [1.29, 1.82) is 0 Å². The van der Waals surface area contributed by atoms with Crippen molar-refractivity contribution in [2.45, 2.75) is 11.8 Å². The number of anilines is 1. The molecule has 0 bridgehead atoms. The van der Waals surface area contributed by atoms with Crippen molar-refractivity contribution in [1.82, 2.24) is 0 Å². The zero-order chi connectivity index (χ0) is 15.6. The van der Waals surface area contributed by atoms with E-state index in [1.165, 1.54) is 23.5 Å². The second kappa shape index (κ2) is 5.83. The van der Waals surface area contributed by atoms with Gasteiger partial charge in [-0.1, -0.05) is 42.0 Å². The van der Waals surface area contributed by atoms with Gasteiger partial charge in [-0.25, -0.2) is 8.42 Å². The Morgan fingerprint density at radius 2 is 1.57 bits per heavy atom. The molecule has 0 spiro atoms. The Morgan fingerprint density at radius 1 is 1.05 bits per heavy atom. The van der Waals surface area contributed by atoms with Gasteiger partial charge in [-0.3, -0.25) is 4.31 Å². The lowest BCUT2D eigenvalue weighted by atomic mass is 10.2. The number of thiocarbonyl (C=S) groups is 1. The van der Waals surface area contributed by atoms with E-state index >= 15 is 0 Å². The van der Waals surface area contributed by atoms with Gasteiger partial charge in [0.25, 0.3) is 10.0 Å². The highest BCUT2D eigenvalue weighted by molar-refractivity contribution is 7.92. The molecule has 0 heterocycles. The third-order valence-electron chi connectivity index (χ3n) is 3.19. The zero-order valence-corrected chi connectivity index (χ0v) is 13.4. The molecule has 0 fully saturated rings. The molecule has 2 aromatic rings. The van der Waals surface area contributed by atoms with E-state index in [0.717, 1.165) is 5.56 Å². The molecule has 2 N–H and O–H groups in total. The standard InChI is InChI=1S/C15H16N2O2S2/c1-11-3-7-13(8-4-11)17(2)21(18,19)14-9-5-12(6-10-14)15(16)20/h3-10H,1-2H3,(H2,16,20). The van der Waals surface area contributed by atoms with Crippen LogP contribution in [0.5, 0.6) is 0 Å². The van der Waals surface area contributed by atoms with E-state index in [-0.39, 0.29) is 9.88 Å². The van der Waals surface area contributed by atoms with Gasteiger partial charge in [-0.2, -0.15) is 0 Å². The maximum absolute atomic E-state index is 12.6. The summed E-state index contributed by atoms with van der Waals surface area (Å²) in [5, 5.41) is 0. The Morgan fingerprint density at radius 3 is 2.05 bits per heavy atom. The van der Waals surface area contributed by atoms with Crippen LogP contribution in [0.2, 0.25) is 0 Å². The van der Waals surface area contributed by atoms with Crippen LogP contribution < -0.4 is 10.0 Å². The number of rotatable bonds is 4. The number of sulfonamides is 1. The normalized spacial score (nSPS) is 11.1. The lowest BCUT2D eigenvalue weighted by Crippen LogP contribution is -2.26. The van der Waals surface area contributed by atoms with Gasteiger partial charge < -0.3 is 5.73 Å². The summed E-state index contributed by atoms with van der Waals surface area (Å²) in [6.45, 7) is 1.95. The van der Waals surface area contributed by atoms with Gasteiger partial charge in [0, 0.05) is 12.6 Å². The molecule has 0 atom stereocenters. The molecular formula is C15H16N2O2S2. The fourth-order valence-electron chi connectivity index (χ4n) is 1.84. The van der Waals surface area contributed by atoms with Gasteiger partial charge in [0.2, 0.25) is 0 Å². The molecule has 6 heteroatoms.